The Morgan fingerprint density at radius 3 is 2.21 bits per heavy atom. The van der Waals surface area contributed by atoms with E-state index in [1.165, 1.54) is 56.9 Å². The Kier molecular flexibility index (Phi) is 13.8. The van der Waals surface area contributed by atoms with Crippen LogP contribution >= 0.6 is 0 Å². The van der Waals surface area contributed by atoms with E-state index < -0.39 is 0 Å². The molecule has 0 spiro atoms. The molecule has 138 valence electrons. The van der Waals surface area contributed by atoms with Gasteiger partial charge in [0.25, 0.3) is 0 Å². The molecule has 0 radical (unpaired) electrons. The standard InChI is InChI=1S/C22H38O2/c1-3-5-6-7-8-9-13-17-22(4-2)24-19-14-18-23-20-21-15-11-10-12-16-21/h10-12,15-16,22H,3-9,13-14,17-20H2,1-2H3. The summed E-state index contributed by atoms with van der Waals surface area (Å²) in [6.45, 7) is 6.82. The second-order valence-electron chi connectivity index (χ2n) is 6.70. The molecule has 1 unspecified atom stereocenters. The fourth-order valence-corrected chi connectivity index (χ4v) is 2.91. The molecule has 0 bridgehead atoms. The summed E-state index contributed by atoms with van der Waals surface area (Å²) < 4.78 is 11.7. The summed E-state index contributed by atoms with van der Waals surface area (Å²) in [5, 5.41) is 0. The lowest BCUT2D eigenvalue weighted by Crippen LogP contribution is -2.13. The largest absolute Gasteiger partial charge is 0.378 e. The quantitative estimate of drug-likeness (QED) is 0.320. The minimum absolute atomic E-state index is 0.440. The van der Waals surface area contributed by atoms with Gasteiger partial charge in [0.05, 0.1) is 12.7 Å². The third kappa shape index (κ3) is 11.6. The molecule has 0 heterocycles. The Labute approximate surface area is 149 Å². The first-order valence-corrected chi connectivity index (χ1v) is 10.1. The Bertz CT molecular complexity index is 363. The lowest BCUT2D eigenvalue weighted by atomic mass is 10.1. The summed E-state index contributed by atoms with van der Waals surface area (Å²) in [5.74, 6) is 0. The molecule has 0 aliphatic carbocycles. The molecular weight excluding hydrogens is 296 g/mol. The van der Waals surface area contributed by atoms with E-state index >= 15 is 0 Å². The van der Waals surface area contributed by atoms with Gasteiger partial charge in [0.1, 0.15) is 0 Å². The molecule has 0 N–H and O–H groups in total. The lowest BCUT2D eigenvalue weighted by Gasteiger charge is -2.16. The normalized spacial score (nSPS) is 12.4. The van der Waals surface area contributed by atoms with E-state index in [1.807, 2.05) is 6.07 Å². The highest BCUT2D eigenvalue weighted by Gasteiger charge is 2.06. The van der Waals surface area contributed by atoms with Gasteiger partial charge in [-0.25, -0.2) is 0 Å². The maximum absolute atomic E-state index is 6.01. The molecule has 2 heteroatoms. The Balaban J connectivity index is 1.92. The topological polar surface area (TPSA) is 18.5 Å². The van der Waals surface area contributed by atoms with Crippen molar-refractivity contribution in [2.45, 2.75) is 90.8 Å². The van der Waals surface area contributed by atoms with Crippen LogP contribution in [-0.2, 0) is 16.1 Å². The van der Waals surface area contributed by atoms with Crippen molar-refractivity contribution < 1.29 is 9.47 Å². The summed E-state index contributed by atoms with van der Waals surface area (Å²) in [7, 11) is 0. The van der Waals surface area contributed by atoms with Crippen molar-refractivity contribution >= 4 is 0 Å². The Morgan fingerprint density at radius 2 is 1.50 bits per heavy atom. The number of unbranched alkanes of at least 4 members (excludes halogenated alkanes) is 6. The molecule has 0 aliphatic rings. The molecule has 2 nitrogen and oxygen atoms in total. The first-order valence-electron chi connectivity index (χ1n) is 10.1. The van der Waals surface area contributed by atoms with Crippen molar-refractivity contribution in [3.05, 3.63) is 35.9 Å². The van der Waals surface area contributed by atoms with Gasteiger partial charge in [-0.1, -0.05) is 89.1 Å². The minimum Gasteiger partial charge on any atom is -0.378 e. The first kappa shape index (κ1) is 21.2. The van der Waals surface area contributed by atoms with Gasteiger partial charge >= 0.3 is 0 Å². The van der Waals surface area contributed by atoms with Crippen LogP contribution in [0.4, 0.5) is 0 Å². The number of rotatable bonds is 16. The maximum atomic E-state index is 6.01. The lowest BCUT2D eigenvalue weighted by molar-refractivity contribution is 0.0232. The molecular formula is C22H38O2. The van der Waals surface area contributed by atoms with Gasteiger partial charge in [-0.2, -0.15) is 0 Å². The van der Waals surface area contributed by atoms with Crippen molar-refractivity contribution in [1.29, 1.82) is 0 Å². The van der Waals surface area contributed by atoms with Gasteiger partial charge in [0, 0.05) is 13.2 Å². The molecule has 1 aromatic carbocycles. The van der Waals surface area contributed by atoms with Crippen molar-refractivity contribution in [2.75, 3.05) is 13.2 Å². The second-order valence-corrected chi connectivity index (χ2v) is 6.70. The third-order valence-electron chi connectivity index (χ3n) is 4.48. The van der Waals surface area contributed by atoms with Crippen molar-refractivity contribution in [3.63, 3.8) is 0 Å². The van der Waals surface area contributed by atoms with Crippen LogP contribution in [0.2, 0.25) is 0 Å². The first-order chi connectivity index (χ1) is 11.9. The monoisotopic (exact) mass is 334 g/mol. The highest BCUT2D eigenvalue weighted by molar-refractivity contribution is 5.13. The average molecular weight is 335 g/mol. The van der Waals surface area contributed by atoms with E-state index in [0.717, 1.165) is 26.1 Å². The van der Waals surface area contributed by atoms with Crippen molar-refractivity contribution in [3.8, 4) is 0 Å². The second kappa shape index (κ2) is 15.7. The van der Waals surface area contributed by atoms with Gasteiger partial charge in [0.2, 0.25) is 0 Å². The SMILES string of the molecule is CCCCCCCCCC(CC)OCCCOCc1ccccc1. The number of hydrogen-bond donors (Lipinski definition) is 0. The molecule has 1 atom stereocenters. The molecule has 1 rings (SSSR count). The van der Waals surface area contributed by atoms with Crippen molar-refractivity contribution in [1.82, 2.24) is 0 Å². The van der Waals surface area contributed by atoms with Crippen LogP contribution < -0.4 is 0 Å². The fraction of sp³-hybridized carbons (Fsp3) is 0.727. The van der Waals surface area contributed by atoms with Crippen LogP contribution in [0.1, 0.15) is 83.6 Å². The maximum Gasteiger partial charge on any atom is 0.0716 e. The van der Waals surface area contributed by atoms with Gasteiger partial charge < -0.3 is 9.47 Å². The predicted octanol–water partition coefficient (Wildman–Crippen LogP) is 6.53. The third-order valence-corrected chi connectivity index (χ3v) is 4.48. The van der Waals surface area contributed by atoms with Crippen molar-refractivity contribution in [2.24, 2.45) is 0 Å². The van der Waals surface area contributed by atoms with Gasteiger partial charge in [-0.15, -0.1) is 0 Å². The highest BCUT2D eigenvalue weighted by Crippen LogP contribution is 2.13. The number of benzene rings is 1. The molecule has 0 saturated heterocycles. The zero-order chi connectivity index (χ0) is 17.3. The Morgan fingerprint density at radius 1 is 0.792 bits per heavy atom. The number of hydrogen-bond acceptors (Lipinski definition) is 2. The predicted molar refractivity (Wildman–Crippen MR) is 103 cm³/mol. The average Bonchev–Trinajstić information content (AvgIpc) is 2.63. The van der Waals surface area contributed by atoms with Gasteiger partial charge in [-0.3, -0.25) is 0 Å². The number of ether oxygens (including phenoxy) is 2. The molecule has 0 saturated carbocycles. The summed E-state index contributed by atoms with van der Waals surface area (Å²) >= 11 is 0. The van der Waals surface area contributed by atoms with Crippen LogP contribution in [0.3, 0.4) is 0 Å². The summed E-state index contributed by atoms with van der Waals surface area (Å²) in [4.78, 5) is 0. The van der Waals surface area contributed by atoms with E-state index in [2.05, 4.69) is 38.1 Å². The Hall–Kier alpha value is -0.860. The smallest absolute Gasteiger partial charge is 0.0716 e. The van der Waals surface area contributed by atoms with Crippen LogP contribution in [0, 0.1) is 0 Å². The van der Waals surface area contributed by atoms with Crippen LogP contribution in [-0.4, -0.2) is 19.3 Å². The molecule has 1 aromatic rings. The summed E-state index contributed by atoms with van der Waals surface area (Å²) in [6.07, 6.45) is 13.4. The van der Waals surface area contributed by atoms with E-state index in [-0.39, 0.29) is 0 Å². The van der Waals surface area contributed by atoms with Crippen LogP contribution in [0.5, 0.6) is 0 Å². The van der Waals surface area contributed by atoms with Crippen LogP contribution in [0.15, 0.2) is 30.3 Å². The highest BCUT2D eigenvalue weighted by atomic mass is 16.5. The van der Waals surface area contributed by atoms with E-state index in [0.29, 0.717) is 12.7 Å². The minimum atomic E-state index is 0.440. The molecule has 24 heavy (non-hydrogen) atoms. The fourth-order valence-electron chi connectivity index (χ4n) is 2.91. The van der Waals surface area contributed by atoms with E-state index in [4.69, 9.17) is 9.47 Å². The van der Waals surface area contributed by atoms with Gasteiger partial charge in [0.15, 0.2) is 0 Å². The zero-order valence-electron chi connectivity index (χ0n) is 16.0. The van der Waals surface area contributed by atoms with Crippen LogP contribution in [0.25, 0.3) is 0 Å². The molecule has 0 aliphatic heterocycles. The summed E-state index contributed by atoms with van der Waals surface area (Å²) in [5.41, 5.74) is 1.24. The molecule has 0 amide bonds. The van der Waals surface area contributed by atoms with E-state index in [1.54, 1.807) is 0 Å². The summed E-state index contributed by atoms with van der Waals surface area (Å²) in [6, 6.07) is 10.3. The zero-order valence-corrected chi connectivity index (χ0v) is 16.0. The molecule has 0 fully saturated rings. The van der Waals surface area contributed by atoms with Gasteiger partial charge in [-0.05, 0) is 24.8 Å². The van der Waals surface area contributed by atoms with E-state index in [9.17, 15) is 0 Å². The molecule has 0 aromatic heterocycles.